The number of benzene rings is 1. The van der Waals surface area contributed by atoms with Crippen molar-refractivity contribution in [1.29, 1.82) is 0 Å². The van der Waals surface area contributed by atoms with E-state index in [4.69, 9.17) is 23.2 Å². The van der Waals surface area contributed by atoms with Crippen molar-refractivity contribution in [3.8, 4) is 0 Å². The zero-order chi connectivity index (χ0) is 17.5. The van der Waals surface area contributed by atoms with E-state index < -0.39 is 0 Å². The molecule has 1 amide bonds. The fraction of sp³-hybridized carbons (Fsp3) is 0.353. The Balaban J connectivity index is 2.13. The van der Waals surface area contributed by atoms with Gasteiger partial charge in [0.25, 0.3) is 5.91 Å². The van der Waals surface area contributed by atoms with Crippen molar-refractivity contribution in [2.45, 2.75) is 33.1 Å². The molecule has 0 aliphatic rings. The highest BCUT2D eigenvalue weighted by Crippen LogP contribution is 2.30. The quantitative estimate of drug-likeness (QED) is 0.680. The lowest BCUT2D eigenvalue weighted by Crippen LogP contribution is -2.17. The predicted molar refractivity (Wildman–Crippen MR) is 99.2 cm³/mol. The van der Waals surface area contributed by atoms with Gasteiger partial charge in [0.15, 0.2) is 0 Å². The van der Waals surface area contributed by atoms with Gasteiger partial charge in [0.05, 0.1) is 15.7 Å². The Bertz CT molecular complexity index is 701. The second-order valence-corrected chi connectivity index (χ2v) is 6.22. The van der Waals surface area contributed by atoms with Gasteiger partial charge in [-0.3, -0.25) is 4.79 Å². The Hall–Kier alpha value is -1.85. The highest BCUT2D eigenvalue weighted by molar-refractivity contribution is 6.40. The molecular weight excluding hydrogens is 347 g/mol. The first-order valence-corrected chi connectivity index (χ1v) is 8.61. The summed E-state index contributed by atoms with van der Waals surface area (Å²) in [5.41, 5.74) is 1.34. The standard InChI is InChI=1S/C17H20Cl2N4O/c1-3-4-5-9-20-17-21-11(2)10-14(22-17)16(24)23-15-12(18)7-6-8-13(15)19/h6-8,10H,3-5,9H2,1-2H3,(H,23,24)(H,20,21,22). The van der Waals surface area contributed by atoms with Gasteiger partial charge in [0, 0.05) is 12.2 Å². The number of halogens is 2. The molecule has 2 rings (SSSR count). The minimum Gasteiger partial charge on any atom is -0.354 e. The van der Waals surface area contributed by atoms with Crippen molar-refractivity contribution < 1.29 is 4.79 Å². The summed E-state index contributed by atoms with van der Waals surface area (Å²) in [4.78, 5) is 21.0. The van der Waals surface area contributed by atoms with Crippen molar-refractivity contribution in [2.75, 3.05) is 17.2 Å². The highest BCUT2D eigenvalue weighted by atomic mass is 35.5. The zero-order valence-corrected chi connectivity index (χ0v) is 15.2. The average molecular weight is 367 g/mol. The topological polar surface area (TPSA) is 66.9 Å². The fourth-order valence-electron chi connectivity index (χ4n) is 2.13. The third kappa shape index (κ3) is 5.08. The number of amides is 1. The van der Waals surface area contributed by atoms with Gasteiger partial charge in [-0.15, -0.1) is 0 Å². The first-order chi connectivity index (χ1) is 11.5. The number of nitrogens with one attached hydrogen (secondary N) is 2. The van der Waals surface area contributed by atoms with Gasteiger partial charge >= 0.3 is 0 Å². The number of hydrogen-bond acceptors (Lipinski definition) is 4. The lowest BCUT2D eigenvalue weighted by Gasteiger charge is -2.10. The SMILES string of the molecule is CCCCCNc1nc(C)cc(C(=O)Nc2c(Cl)cccc2Cl)n1. The number of unbranched alkanes of at least 4 members (excludes halogenated alkanes) is 2. The minimum absolute atomic E-state index is 0.261. The summed E-state index contributed by atoms with van der Waals surface area (Å²) in [7, 11) is 0. The molecule has 0 aliphatic carbocycles. The normalized spacial score (nSPS) is 10.5. The fourth-order valence-corrected chi connectivity index (χ4v) is 2.63. The number of rotatable bonds is 7. The summed E-state index contributed by atoms with van der Waals surface area (Å²) in [5, 5.41) is 6.60. The van der Waals surface area contributed by atoms with Crippen LogP contribution in [-0.4, -0.2) is 22.4 Å². The van der Waals surface area contributed by atoms with Crippen LogP contribution in [0, 0.1) is 6.92 Å². The molecule has 1 aromatic carbocycles. The summed E-state index contributed by atoms with van der Waals surface area (Å²) in [5.74, 6) is 0.0635. The molecule has 128 valence electrons. The predicted octanol–water partition coefficient (Wildman–Crippen LogP) is 4.95. The third-order valence-electron chi connectivity index (χ3n) is 3.35. The second kappa shape index (κ2) is 8.85. The number of carbonyl (C=O) groups excluding carboxylic acids is 1. The van der Waals surface area contributed by atoms with E-state index >= 15 is 0 Å². The van der Waals surface area contributed by atoms with Gasteiger partial charge in [0.2, 0.25) is 5.95 Å². The highest BCUT2D eigenvalue weighted by Gasteiger charge is 2.14. The molecule has 0 spiro atoms. The Morgan fingerprint density at radius 3 is 2.54 bits per heavy atom. The van der Waals surface area contributed by atoms with E-state index in [9.17, 15) is 4.79 Å². The first-order valence-electron chi connectivity index (χ1n) is 7.86. The van der Waals surface area contributed by atoms with Crippen LogP contribution >= 0.6 is 23.2 Å². The number of hydrogen-bond donors (Lipinski definition) is 2. The van der Waals surface area contributed by atoms with E-state index in [1.54, 1.807) is 24.3 Å². The van der Waals surface area contributed by atoms with Crippen LogP contribution in [-0.2, 0) is 0 Å². The zero-order valence-electron chi connectivity index (χ0n) is 13.7. The molecule has 7 heteroatoms. The van der Waals surface area contributed by atoms with Crippen molar-refractivity contribution in [1.82, 2.24) is 9.97 Å². The van der Waals surface area contributed by atoms with Crippen LogP contribution in [0.2, 0.25) is 10.0 Å². The van der Waals surface area contributed by atoms with Crippen LogP contribution in [0.4, 0.5) is 11.6 Å². The van der Waals surface area contributed by atoms with E-state index in [1.807, 2.05) is 6.92 Å². The molecule has 0 unspecified atom stereocenters. The lowest BCUT2D eigenvalue weighted by atomic mass is 10.2. The van der Waals surface area contributed by atoms with Gasteiger partial charge in [0.1, 0.15) is 5.69 Å². The Kier molecular flexibility index (Phi) is 6.82. The Labute approximate surface area is 151 Å². The van der Waals surface area contributed by atoms with Gasteiger partial charge in [-0.25, -0.2) is 9.97 Å². The molecule has 0 atom stereocenters. The molecule has 0 aliphatic heterocycles. The molecule has 1 aromatic heterocycles. The van der Waals surface area contributed by atoms with Crippen LogP contribution in [0.3, 0.4) is 0 Å². The lowest BCUT2D eigenvalue weighted by molar-refractivity contribution is 0.102. The number of anilines is 2. The van der Waals surface area contributed by atoms with Crippen molar-refractivity contribution in [3.63, 3.8) is 0 Å². The molecule has 5 nitrogen and oxygen atoms in total. The maximum atomic E-state index is 12.5. The number of aryl methyl sites for hydroxylation is 1. The molecular formula is C17H20Cl2N4O. The maximum Gasteiger partial charge on any atom is 0.274 e. The summed E-state index contributed by atoms with van der Waals surface area (Å²) < 4.78 is 0. The molecule has 0 fully saturated rings. The summed E-state index contributed by atoms with van der Waals surface area (Å²) in [6.45, 7) is 4.73. The van der Waals surface area contributed by atoms with Crippen molar-refractivity contribution >= 4 is 40.7 Å². The van der Waals surface area contributed by atoms with Crippen LogP contribution in [0.25, 0.3) is 0 Å². The molecule has 0 bridgehead atoms. The maximum absolute atomic E-state index is 12.5. The summed E-state index contributed by atoms with van der Waals surface area (Å²) in [6, 6.07) is 6.66. The minimum atomic E-state index is -0.382. The van der Waals surface area contributed by atoms with E-state index in [0.29, 0.717) is 27.4 Å². The Morgan fingerprint density at radius 1 is 1.17 bits per heavy atom. The first kappa shape index (κ1) is 18.5. The molecule has 0 saturated carbocycles. The Morgan fingerprint density at radius 2 is 1.88 bits per heavy atom. The molecule has 1 heterocycles. The van der Waals surface area contributed by atoms with Gasteiger partial charge in [-0.1, -0.05) is 49.0 Å². The molecule has 2 N–H and O–H groups in total. The van der Waals surface area contributed by atoms with E-state index in [-0.39, 0.29) is 11.6 Å². The average Bonchev–Trinajstić information content (AvgIpc) is 2.54. The third-order valence-corrected chi connectivity index (χ3v) is 3.98. The number of carbonyl (C=O) groups is 1. The van der Waals surface area contributed by atoms with E-state index in [1.165, 1.54) is 0 Å². The van der Waals surface area contributed by atoms with Gasteiger partial charge in [-0.05, 0) is 31.5 Å². The van der Waals surface area contributed by atoms with Crippen LogP contribution in [0.1, 0.15) is 42.4 Å². The molecule has 24 heavy (non-hydrogen) atoms. The van der Waals surface area contributed by atoms with Crippen molar-refractivity contribution in [2.24, 2.45) is 0 Å². The van der Waals surface area contributed by atoms with Gasteiger partial charge in [-0.2, -0.15) is 0 Å². The van der Waals surface area contributed by atoms with Gasteiger partial charge < -0.3 is 10.6 Å². The smallest absolute Gasteiger partial charge is 0.274 e. The number of nitrogens with zero attached hydrogens (tertiary/aromatic N) is 2. The largest absolute Gasteiger partial charge is 0.354 e. The van der Waals surface area contributed by atoms with Crippen LogP contribution in [0.15, 0.2) is 24.3 Å². The second-order valence-electron chi connectivity index (χ2n) is 5.40. The number of para-hydroxylation sites is 1. The summed E-state index contributed by atoms with van der Waals surface area (Å²) >= 11 is 12.2. The van der Waals surface area contributed by atoms with E-state index in [0.717, 1.165) is 25.8 Å². The van der Waals surface area contributed by atoms with Crippen LogP contribution < -0.4 is 10.6 Å². The monoisotopic (exact) mass is 366 g/mol. The number of aromatic nitrogens is 2. The van der Waals surface area contributed by atoms with E-state index in [2.05, 4.69) is 27.5 Å². The molecule has 0 saturated heterocycles. The molecule has 0 radical (unpaired) electrons. The summed E-state index contributed by atoms with van der Waals surface area (Å²) in [6.07, 6.45) is 3.31. The molecule has 2 aromatic rings. The van der Waals surface area contributed by atoms with Crippen molar-refractivity contribution in [3.05, 3.63) is 45.7 Å². The van der Waals surface area contributed by atoms with Crippen LogP contribution in [0.5, 0.6) is 0 Å².